The highest BCUT2D eigenvalue weighted by Gasteiger charge is 2.06. The van der Waals surface area contributed by atoms with Crippen LogP contribution in [0.25, 0.3) is 0 Å². The third-order valence-electron chi connectivity index (χ3n) is 2.04. The second kappa shape index (κ2) is 6.12. The average molecular weight is 224 g/mol. The predicted molar refractivity (Wildman–Crippen MR) is 59.2 cm³/mol. The zero-order valence-electron chi connectivity index (χ0n) is 9.53. The maximum atomic E-state index is 11.1. The number of ether oxygens (including phenoxy) is 2. The molecule has 0 aliphatic heterocycles. The van der Waals surface area contributed by atoms with Gasteiger partial charge in [-0.1, -0.05) is 17.7 Å². The first kappa shape index (κ1) is 12.5. The van der Waals surface area contributed by atoms with Gasteiger partial charge in [0, 0.05) is 5.56 Å². The fraction of sp³-hybridized carbons (Fsp3) is 0.417. The Morgan fingerprint density at radius 3 is 2.81 bits per heavy atom. The normalized spacial score (nSPS) is 9.94. The van der Waals surface area contributed by atoms with Gasteiger partial charge in [0.2, 0.25) is 0 Å². The number of aliphatic hydroxyl groups excluding tert-OH is 1. The van der Waals surface area contributed by atoms with Gasteiger partial charge >= 0.3 is 5.97 Å². The second-order valence-corrected chi connectivity index (χ2v) is 3.36. The molecule has 0 unspecified atom stereocenters. The Kier molecular flexibility index (Phi) is 4.79. The van der Waals surface area contributed by atoms with E-state index in [1.54, 1.807) is 13.0 Å². The molecule has 88 valence electrons. The van der Waals surface area contributed by atoms with E-state index in [4.69, 9.17) is 14.6 Å². The molecule has 16 heavy (non-hydrogen) atoms. The zero-order valence-corrected chi connectivity index (χ0v) is 9.53. The Hall–Kier alpha value is -1.55. The number of aryl methyl sites for hydroxylation is 1. The van der Waals surface area contributed by atoms with Gasteiger partial charge in [-0.15, -0.1) is 0 Å². The Morgan fingerprint density at radius 1 is 1.44 bits per heavy atom. The maximum Gasteiger partial charge on any atom is 0.344 e. The van der Waals surface area contributed by atoms with Crippen LogP contribution in [0.5, 0.6) is 5.75 Å². The topological polar surface area (TPSA) is 55.8 Å². The van der Waals surface area contributed by atoms with E-state index in [9.17, 15) is 4.79 Å². The molecule has 0 saturated heterocycles. The summed E-state index contributed by atoms with van der Waals surface area (Å²) in [6.45, 7) is 3.75. The van der Waals surface area contributed by atoms with Gasteiger partial charge in [0.25, 0.3) is 0 Å². The number of carbonyl (C=O) groups excluding carboxylic acids is 1. The van der Waals surface area contributed by atoms with Crippen molar-refractivity contribution in [3.63, 3.8) is 0 Å². The lowest BCUT2D eigenvalue weighted by atomic mass is 10.1. The first-order valence-corrected chi connectivity index (χ1v) is 5.16. The molecular weight excluding hydrogens is 208 g/mol. The quantitative estimate of drug-likeness (QED) is 0.769. The summed E-state index contributed by atoms with van der Waals surface area (Å²) in [7, 11) is 0. The van der Waals surface area contributed by atoms with Gasteiger partial charge in [-0.25, -0.2) is 4.79 Å². The lowest BCUT2D eigenvalue weighted by Gasteiger charge is -2.10. The van der Waals surface area contributed by atoms with Crippen molar-refractivity contribution in [2.75, 3.05) is 13.2 Å². The molecule has 0 amide bonds. The summed E-state index contributed by atoms with van der Waals surface area (Å²) in [5.41, 5.74) is 1.71. The van der Waals surface area contributed by atoms with E-state index in [2.05, 4.69) is 0 Å². The van der Waals surface area contributed by atoms with Crippen LogP contribution in [0.3, 0.4) is 0 Å². The predicted octanol–water partition coefficient (Wildman–Crippen LogP) is 1.43. The van der Waals surface area contributed by atoms with E-state index < -0.39 is 5.97 Å². The van der Waals surface area contributed by atoms with Crippen LogP contribution in [-0.4, -0.2) is 24.3 Å². The van der Waals surface area contributed by atoms with E-state index in [1.807, 2.05) is 19.1 Å². The number of rotatable bonds is 5. The van der Waals surface area contributed by atoms with Crippen LogP contribution in [-0.2, 0) is 16.1 Å². The third kappa shape index (κ3) is 3.55. The maximum absolute atomic E-state index is 11.1. The van der Waals surface area contributed by atoms with E-state index in [1.165, 1.54) is 0 Å². The summed E-state index contributed by atoms with van der Waals surface area (Å²) >= 11 is 0. The number of hydrogen-bond acceptors (Lipinski definition) is 4. The molecule has 0 atom stereocenters. The minimum atomic E-state index is -0.410. The molecule has 1 rings (SSSR count). The summed E-state index contributed by atoms with van der Waals surface area (Å²) in [5, 5.41) is 9.12. The number of esters is 1. The monoisotopic (exact) mass is 224 g/mol. The van der Waals surface area contributed by atoms with Gasteiger partial charge in [-0.05, 0) is 19.9 Å². The highest BCUT2D eigenvalue weighted by Crippen LogP contribution is 2.19. The van der Waals surface area contributed by atoms with E-state index in [0.717, 1.165) is 5.56 Å². The second-order valence-electron chi connectivity index (χ2n) is 3.36. The van der Waals surface area contributed by atoms with Crippen molar-refractivity contribution in [1.29, 1.82) is 0 Å². The summed E-state index contributed by atoms with van der Waals surface area (Å²) in [4.78, 5) is 11.1. The van der Waals surface area contributed by atoms with Crippen LogP contribution < -0.4 is 4.74 Å². The molecule has 0 spiro atoms. The molecule has 4 heteroatoms. The van der Waals surface area contributed by atoms with Gasteiger partial charge in [-0.3, -0.25) is 0 Å². The minimum Gasteiger partial charge on any atom is -0.482 e. The van der Waals surface area contributed by atoms with Crippen LogP contribution >= 0.6 is 0 Å². The Balaban J connectivity index is 2.63. The Morgan fingerprint density at radius 2 is 2.19 bits per heavy atom. The number of benzene rings is 1. The highest BCUT2D eigenvalue weighted by molar-refractivity contribution is 5.71. The van der Waals surface area contributed by atoms with Crippen molar-refractivity contribution >= 4 is 5.97 Å². The van der Waals surface area contributed by atoms with Gasteiger partial charge in [0.1, 0.15) is 5.75 Å². The van der Waals surface area contributed by atoms with E-state index >= 15 is 0 Å². The smallest absolute Gasteiger partial charge is 0.344 e. The standard InChI is InChI=1S/C12H16O4/c1-3-15-12(14)8-16-11-5-4-9(2)6-10(11)7-13/h4-6,13H,3,7-8H2,1-2H3. The molecule has 0 aliphatic carbocycles. The highest BCUT2D eigenvalue weighted by atomic mass is 16.6. The molecule has 0 heterocycles. The molecule has 0 saturated carbocycles. The van der Waals surface area contributed by atoms with Crippen LogP contribution in [0.2, 0.25) is 0 Å². The van der Waals surface area contributed by atoms with Crippen LogP contribution in [0.1, 0.15) is 18.1 Å². The summed E-state index contributed by atoms with van der Waals surface area (Å²) in [6, 6.07) is 5.42. The molecule has 0 fully saturated rings. The van der Waals surface area contributed by atoms with Crippen LogP contribution in [0.15, 0.2) is 18.2 Å². The molecular formula is C12H16O4. The number of hydrogen-bond donors (Lipinski definition) is 1. The van der Waals surface area contributed by atoms with E-state index in [0.29, 0.717) is 17.9 Å². The molecule has 1 aromatic carbocycles. The first-order chi connectivity index (χ1) is 7.67. The van der Waals surface area contributed by atoms with Gasteiger partial charge in [0.15, 0.2) is 6.61 Å². The SMILES string of the molecule is CCOC(=O)COc1ccc(C)cc1CO. The van der Waals surface area contributed by atoms with Gasteiger partial charge in [-0.2, -0.15) is 0 Å². The lowest BCUT2D eigenvalue weighted by molar-refractivity contribution is -0.145. The largest absolute Gasteiger partial charge is 0.482 e. The fourth-order valence-corrected chi connectivity index (χ4v) is 1.31. The zero-order chi connectivity index (χ0) is 12.0. The van der Waals surface area contributed by atoms with Crippen molar-refractivity contribution in [3.8, 4) is 5.75 Å². The molecule has 0 bridgehead atoms. The molecule has 1 N–H and O–H groups in total. The molecule has 0 aromatic heterocycles. The summed E-state index contributed by atoms with van der Waals surface area (Å²) in [5.74, 6) is 0.105. The first-order valence-electron chi connectivity index (χ1n) is 5.16. The van der Waals surface area contributed by atoms with Gasteiger partial charge < -0.3 is 14.6 Å². The Labute approximate surface area is 94.8 Å². The minimum absolute atomic E-state index is 0.111. The van der Waals surface area contributed by atoms with Gasteiger partial charge in [0.05, 0.1) is 13.2 Å². The lowest BCUT2D eigenvalue weighted by Crippen LogP contribution is -2.15. The molecule has 4 nitrogen and oxygen atoms in total. The van der Waals surface area contributed by atoms with Crippen molar-refractivity contribution in [2.24, 2.45) is 0 Å². The number of carbonyl (C=O) groups is 1. The fourth-order valence-electron chi connectivity index (χ4n) is 1.31. The van der Waals surface area contributed by atoms with Crippen molar-refractivity contribution in [2.45, 2.75) is 20.5 Å². The average Bonchev–Trinajstić information content (AvgIpc) is 2.27. The number of aliphatic hydroxyl groups is 1. The van der Waals surface area contributed by atoms with Crippen molar-refractivity contribution < 1.29 is 19.4 Å². The molecule has 1 aromatic rings. The third-order valence-corrected chi connectivity index (χ3v) is 2.04. The Bertz CT molecular complexity index is 360. The van der Waals surface area contributed by atoms with Crippen LogP contribution in [0, 0.1) is 6.92 Å². The van der Waals surface area contributed by atoms with Crippen LogP contribution in [0.4, 0.5) is 0 Å². The molecule has 0 radical (unpaired) electrons. The summed E-state index contributed by atoms with van der Waals surface area (Å²) < 4.78 is 10.00. The van der Waals surface area contributed by atoms with Crippen molar-refractivity contribution in [1.82, 2.24) is 0 Å². The van der Waals surface area contributed by atoms with E-state index in [-0.39, 0.29) is 13.2 Å². The van der Waals surface area contributed by atoms with Crippen molar-refractivity contribution in [3.05, 3.63) is 29.3 Å². The molecule has 0 aliphatic rings. The summed E-state index contributed by atoms with van der Waals surface area (Å²) in [6.07, 6.45) is 0.